The van der Waals surface area contributed by atoms with Crippen LogP contribution in [0.25, 0.3) is 0 Å². The number of carbonyl (C=O) groups excluding carboxylic acids is 1. The minimum atomic E-state index is -0.0920. The van der Waals surface area contributed by atoms with Crippen LogP contribution in [0.1, 0.15) is 57.9 Å². The smallest absolute Gasteiger partial charge is 0.315 e. The Balaban J connectivity index is 1.43. The number of urea groups is 1. The number of rotatable bonds is 6. The Bertz CT molecular complexity index is 615. The van der Waals surface area contributed by atoms with Crippen molar-refractivity contribution in [1.29, 1.82) is 0 Å². The zero-order valence-corrected chi connectivity index (χ0v) is 17.6. The first-order valence-corrected chi connectivity index (χ1v) is 11.1. The van der Waals surface area contributed by atoms with Crippen LogP contribution >= 0.6 is 0 Å². The third-order valence-corrected chi connectivity index (χ3v) is 5.84. The van der Waals surface area contributed by atoms with E-state index in [0.29, 0.717) is 6.54 Å². The zero-order valence-electron chi connectivity index (χ0n) is 17.6. The van der Waals surface area contributed by atoms with Gasteiger partial charge in [-0.3, -0.25) is 0 Å². The fourth-order valence-electron chi connectivity index (χ4n) is 4.39. The van der Waals surface area contributed by atoms with Crippen LogP contribution in [0.5, 0.6) is 0 Å². The summed E-state index contributed by atoms with van der Waals surface area (Å²) >= 11 is 0. The van der Waals surface area contributed by atoms with Crippen LogP contribution in [0.4, 0.5) is 10.6 Å². The quantitative estimate of drug-likeness (QED) is 0.786. The summed E-state index contributed by atoms with van der Waals surface area (Å²) in [6, 6.07) is 4.16. The number of hydrogen-bond donors (Lipinski definition) is 2. The lowest BCUT2D eigenvalue weighted by molar-refractivity contribution is 0.169. The van der Waals surface area contributed by atoms with Crippen LogP contribution < -0.4 is 15.5 Å². The molecule has 3 heterocycles. The summed E-state index contributed by atoms with van der Waals surface area (Å²) in [4.78, 5) is 21.7. The van der Waals surface area contributed by atoms with E-state index in [0.717, 1.165) is 50.0 Å². The maximum atomic E-state index is 12.3. The van der Waals surface area contributed by atoms with Crippen molar-refractivity contribution >= 4 is 11.8 Å². The van der Waals surface area contributed by atoms with Crippen molar-refractivity contribution in [2.24, 2.45) is 5.92 Å². The Morgan fingerprint density at radius 1 is 1.21 bits per heavy atom. The Kier molecular flexibility index (Phi) is 7.95. The van der Waals surface area contributed by atoms with Gasteiger partial charge >= 0.3 is 6.03 Å². The minimum absolute atomic E-state index is 0.0920. The molecule has 0 radical (unpaired) electrons. The monoisotopic (exact) mass is 387 g/mol. The molecule has 2 amide bonds. The molecule has 28 heavy (non-hydrogen) atoms. The van der Waals surface area contributed by atoms with Gasteiger partial charge in [-0.2, -0.15) is 0 Å². The fourth-order valence-corrected chi connectivity index (χ4v) is 4.39. The standard InChI is InChI=1S/C22H37N5O/c1-18-8-7-11-26(16-18)17-19(2)25-22(28)24-15-20-9-10-23-21(14-20)27-12-5-3-4-6-13-27/h9-10,14,18-19H,3-8,11-13,15-17H2,1-2H3,(H2,24,25,28). The normalized spacial score (nSPS) is 22.4. The minimum Gasteiger partial charge on any atom is -0.357 e. The van der Waals surface area contributed by atoms with Crippen molar-refractivity contribution in [3.63, 3.8) is 0 Å². The molecule has 1 aromatic rings. The Labute approximate surface area is 170 Å². The maximum absolute atomic E-state index is 12.3. The summed E-state index contributed by atoms with van der Waals surface area (Å²) in [7, 11) is 0. The van der Waals surface area contributed by atoms with E-state index in [4.69, 9.17) is 0 Å². The first-order chi connectivity index (χ1) is 13.6. The van der Waals surface area contributed by atoms with Crippen molar-refractivity contribution in [2.45, 2.75) is 65.0 Å². The van der Waals surface area contributed by atoms with Gasteiger partial charge in [0.05, 0.1) is 0 Å². The van der Waals surface area contributed by atoms with Crippen molar-refractivity contribution in [3.8, 4) is 0 Å². The number of nitrogens with zero attached hydrogens (tertiary/aromatic N) is 3. The molecule has 156 valence electrons. The van der Waals surface area contributed by atoms with Gasteiger partial charge in [0.15, 0.2) is 0 Å². The van der Waals surface area contributed by atoms with Gasteiger partial charge in [-0.15, -0.1) is 0 Å². The van der Waals surface area contributed by atoms with Crippen molar-refractivity contribution in [2.75, 3.05) is 37.6 Å². The zero-order chi connectivity index (χ0) is 19.8. The van der Waals surface area contributed by atoms with Gasteiger partial charge in [0, 0.05) is 45.0 Å². The lowest BCUT2D eigenvalue weighted by Crippen LogP contribution is -2.47. The van der Waals surface area contributed by atoms with Crippen molar-refractivity contribution < 1.29 is 4.79 Å². The number of piperidine rings is 1. The number of anilines is 1. The molecule has 0 aliphatic carbocycles. The number of hydrogen-bond acceptors (Lipinski definition) is 4. The van der Waals surface area contributed by atoms with Crippen LogP contribution in [0, 0.1) is 5.92 Å². The van der Waals surface area contributed by atoms with Gasteiger partial charge in [0.1, 0.15) is 5.82 Å². The molecule has 0 spiro atoms. The van der Waals surface area contributed by atoms with Crippen molar-refractivity contribution in [3.05, 3.63) is 23.9 Å². The van der Waals surface area contributed by atoms with E-state index < -0.39 is 0 Å². The van der Waals surface area contributed by atoms with Gasteiger partial charge in [-0.05, 0) is 62.8 Å². The molecule has 6 nitrogen and oxygen atoms in total. The number of nitrogens with one attached hydrogen (secondary N) is 2. The van der Waals surface area contributed by atoms with Gasteiger partial charge in [0.2, 0.25) is 0 Å². The highest BCUT2D eigenvalue weighted by Crippen LogP contribution is 2.18. The van der Waals surface area contributed by atoms with E-state index in [2.05, 4.69) is 45.3 Å². The predicted octanol–water partition coefficient (Wildman–Crippen LogP) is 3.38. The molecule has 0 bridgehead atoms. The fraction of sp³-hybridized carbons (Fsp3) is 0.727. The number of carbonyl (C=O) groups is 1. The average Bonchev–Trinajstić information content (AvgIpc) is 2.96. The molecule has 0 saturated carbocycles. The highest BCUT2D eigenvalue weighted by Gasteiger charge is 2.19. The summed E-state index contributed by atoms with van der Waals surface area (Å²) in [5.41, 5.74) is 1.10. The number of likely N-dealkylation sites (tertiary alicyclic amines) is 1. The maximum Gasteiger partial charge on any atom is 0.315 e. The van der Waals surface area contributed by atoms with Crippen LogP contribution in [-0.4, -0.2) is 54.7 Å². The average molecular weight is 388 g/mol. The first kappa shape index (κ1) is 20.9. The van der Waals surface area contributed by atoms with Crippen molar-refractivity contribution in [1.82, 2.24) is 20.5 Å². The first-order valence-electron chi connectivity index (χ1n) is 11.1. The van der Waals surface area contributed by atoms with E-state index in [1.165, 1.54) is 38.5 Å². The van der Waals surface area contributed by atoms with E-state index >= 15 is 0 Å². The molecule has 6 heteroatoms. The third-order valence-electron chi connectivity index (χ3n) is 5.84. The predicted molar refractivity (Wildman–Crippen MR) is 115 cm³/mol. The Morgan fingerprint density at radius 2 is 2.00 bits per heavy atom. The molecule has 0 aromatic carbocycles. The van der Waals surface area contributed by atoms with Gasteiger partial charge in [0.25, 0.3) is 0 Å². The second-order valence-corrected chi connectivity index (χ2v) is 8.66. The molecular formula is C22H37N5O. The largest absolute Gasteiger partial charge is 0.357 e. The summed E-state index contributed by atoms with van der Waals surface area (Å²) in [6.45, 7) is 10.3. The summed E-state index contributed by atoms with van der Waals surface area (Å²) in [6.07, 6.45) is 9.54. The van der Waals surface area contributed by atoms with E-state index in [1.807, 2.05) is 12.3 Å². The van der Waals surface area contributed by atoms with E-state index in [1.54, 1.807) is 0 Å². The molecule has 2 aliphatic rings. The second-order valence-electron chi connectivity index (χ2n) is 8.66. The van der Waals surface area contributed by atoms with E-state index in [-0.39, 0.29) is 12.1 Å². The summed E-state index contributed by atoms with van der Waals surface area (Å²) in [5.74, 6) is 1.80. The highest BCUT2D eigenvalue weighted by atomic mass is 16.2. The number of pyridine rings is 1. The van der Waals surface area contributed by atoms with Gasteiger partial charge in [-0.25, -0.2) is 9.78 Å². The lowest BCUT2D eigenvalue weighted by atomic mass is 10.00. The van der Waals surface area contributed by atoms with Crippen LogP contribution in [0.3, 0.4) is 0 Å². The van der Waals surface area contributed by atoms with E-state index in [9.17, 15) is 4.79 Å². The molecule has 1 aromatic heterocycles. The molecule has 2 unspecified atom stereocenters. The second kappa shape index (κ2) is 10.6. The molecule has 2 fully saturated rings. The SMILES string of the molecule is CC1CCCN(CC(C)NC(=O)NCc2ccnc(N3CCCCCC3)c2)C1. The van der Waals surface area contributed by atoms with Gasteiger partial charge in [-0.1, -0.05) is 19.8 Å². The van der Waals surface area contributed by atoms with Crippen LogP contribution in [0.2, 0.25) is 0 Å². The summed E-state index contributed by atoms with van der Waals surface area (Å²) < 4.78 is 0. The molecule has 2 aliphatic heterocycles. The number of amides is 2. The third kappa shape index (κ3) is 6.66. The molecule has 2 saturated heterocycles. The Morgan fingerprint density at radius 3 is 2.75 bits per heavy atom. The lowest BCUT2D eigenvalue weighted by Gasteiger charge is -2.32. The summed E-state index contributed by atoms with van der Waals surface area (Å²) in [5, 5.41) is 6.08. The highest BCUT2D eigenvalue weighted by molar-refractivity contribution is 5.74. The van der Waals surface area contributed by atoms with Gasteiger partial charge < -0.3 is 20.4 Å². The molecule has 2 atom stereocenters. The number of aromatic nitrogens is 1. The molecule has 2 N–H and O–H groups in total. The molecular weight excluding hydrogens is 350 g/mol. The topological polar surface area (TPSA) is 60.5 Å². The van der Waals surface area contributed by atoms with Crippen LogP contribution in [0.15, 0.2) is 18.3 Å². The Hall–Kier alpha value is -1.82. The molecule has 3 rings (SSSR count). The van der Waals surface area contributed by atoms with Crippen LogP contribution in [-0.2, 0) is 6.54 Å².